The summed E-state index contributed by atoms with van der Waals surface area (Å²) < 4.78 is 5.80. The number of unbranched alkanes of at least 4 members (excludes halogenated alkanes) is 2. The van der Waals surface area contributed by atoms with E-state index >= 15 is 0 Å². The highest BCUT2D eigenvalue weighted by molar-refractivity contribution is 5.66. The fourth-order valence-electron chi connectivity index (χ4n) is 1.96. The third kappa shape index (κ3) is 6.91. The summed E-state index contributed by atoms with van der Waals surface area (Å²) in [5.41, 5.74) is 0.141. The van der Waals surface area contributed by atoms with E-state index in [0.29, 0.717) is 19.6 Å². The molecule has 1 aromatic carbocycles. The summed E-state index contributed by atoms with van der Waals surface area (Å²) in [6.07, 6.45) is 2.58. The number of hydrogen-bond donors (Lipinski definition) is 2. The lowest BCUT2D eigenvalue weighted by atomic mass is 10.1. The number of aliphatic carboxylic acids is 1. The fraction of sp³-hybridized carbons (Fsp3) is 0.588. The van der Waals surface area contributed by atoms with Crippen LogP contribution in [0.25, 0.3) is 0 Å². The topological polar surface area (TPSA) is 70.0 Å². The van der Waals surface area contributed by atoms with E-state index < -0.39 is 11.7 Å². The molecule has 0 aromatic heterocycles. The van der Waals surface area contributed by atoms with Crippen molar-refractivity contribution in [2.45, 2.75) is 51.8 Å². The Bertz CT molecular complexity index is 468. The van der Waals surface area contributed by atoms with Gasteiger partial charge in [-0.15, -0.1) is 0 Å². The van der Waals surface area contributed by atoms with Crippen molar-refractivity contribution in [3.63, 3.8) is 0 Å². The predicted octanol–water partition coefficient (Wildman–Crippen LogP) is 2.87. The Balaban J connectivity index is 2.45. The average Bonchev–Trinajstić information content (AvgIpc) is 2.43. The van der Waals surface area contributed by atoms with E-state index in [1.54, 1.807) is 13.8 Å². The Morgan fingerprint density at radius 3 is 2.55 bits per heavy atom. The van der Waals surface area contributed by atoms with E-state index in [2.05, 4.69) is 0 Å². The maximum Gasteiger partial charge on any atom is 0.303 e. The van der Waals surface area contributed by atoms with Gasteiger partial charge in [0.1, 0.15) is 11.5 Å². The lowest BCUT2D eigenvalue weighted by Crippen LogP contribution is -2.40. The van der Waals surface area contributed by atoms with Gasteiger partial charge in [0.15, 0.2) is 0 Å². The Kier molecular flexibility index (Phi) is 7.35. The highest BCUT2D eigenvalue weighted by Gasteiger charge is 2.20. The summed E-state index contributed by atoms with van der Waals surface area (Å²) in [5.74, 6) is 0.0674. The van der Waals surface area contributed by atoms with Crippen LogP contribution < -0.4 is 4.74 Å². The van der Waals surface area contributed by atoms with Crippen molar-refractivity contribution in [1.82, 2.24) is 4.90 Å². The SMILES string of the molecule is CN(Cc1ccccc1OCCCCCC(=O)O)C(C)(C)O. The molecule has 0 saturated heterocycles. The van der Waals surface area contributed by atoms with Gasteiger partial charge in [-0.3, -0.25) is 9.69 Å². The van der Waals surface area contributed by atoms with Crippen LogP contribution in [0.15, 0.2) is 24.3 Å². The van der Waals surface area contributed by atoms with Crippen molar-refractivity contribution in [2.75, 3.05) is 13.7 Å². The Morgan fingerprint density at radius 2 is 1.91 bits per heavy atom. The average molecular weight is 309 g/mol. The van der Waals surface area contributed by atoms with Gasteiger partial charge in [-0.1, -0.05) is 18.2 Å². The highest BCUT2D eigenvalue weighted by Crippen LogP contribution is 2.22. The lowest BCUT2D eigenvalue weighted by molar-refractivity contribution is -0.137. The molecule has 0 fully saturated rings. The second-order valence-electron chi connectivity index (χ2n) is 6.01. The van der Waals surface area contributed by atoms with E-state index in [9.17, 15) is 9.90 Å². The molecule has 0 aliphatic carbocycles. The molecule has 0 saturated carbocycles. The van der Waals surface area contributed by atoms with Gasteiger partial charge in [-0.25, -0.2) is 0 Å². The molecule has 5 nitrogen and oxygen atoms in total. The molecule has 0 atom stereocenters. The van der Waals surface area contributed by atoms with Crippen LogP contribution in [0.1, 0.15) is 45.1 Å². The van der Waals surface area contributed by atoms with E-state index in [-0.39, 0.29) is 6.42 Å². The summed E-state index contributed by atoms with van der Waals surface area (Å²) in [6, 6.07) is 7.79. The summed E-state index contributed by atoms with van der Waals surface area (Å²) >= 11 is 0. The van der Waals surface area contributed by atoms with Gasteiger partial charge in [0, 0.05) is 18.5 Å². The summed E-state index contributed by atoms with van der Waals surface area (Å²) in [4.78, 5) is 12.3. The third-order valence-electron chi connectivity index (χ3n) is 3.61. The van der Waals surface area contributed by atoms with Crippen LogP contribution in [0.2, 0.25) is 0 Å². The number of benzene rings is 1. The van der Waals surface area contributed by atoms with E-state index in [0.717, 1.165) is 24.2 Å². The molecule has 1 rings (SSSR count). The number of ether oxygens (including phenoxy) is 1. The maximum atomic E-state index is 10.4. The summed E-state index contributed by atoms with van der Waals surface area (Å²) in [5, 5.41) is 18.6. The van der Waals surface area contributed by atoms with Gasteiger partial charge < -0.3 is 14.9 Å². The monoisotopic (exact) mass is 309 g/mol. The molecule has 0 aliphatic heterocycles. The second-order valence-corrected chi connectivity index (χ2v) is 6.01. The normalized spacial score (nSPS) is 11.7. The number of carbonyl (C=O) groups is 1. The van der Waals surface area contributed by atoms with Crippen molar-refractivity contribution < 1.29 is 19.7 Å². The van der Waals surface area contributed by atoms with Crippen LogP contribution in [0.3, 0.4) is 0 Å². The Labute approximate surface area is 132 Å². The van der Waals surface area contributed by atoms with Crippen molar-refractivity contribution >= 4 is 5.97 Å². The molecular weight excluding hydrogens is 282 g/mol. The zero-order valence-corrected chi connectivity index (χ0v) is 13.7. The molecule has 0 spiro atoms. The van der Waals surface area contributed by atoms with Crippen LogP contribution in [0.4, 0.5) is 0 Å². The van der Waals surface area contributed by atoms with E-state index in [1.807, 2.05) is 36.2 Å². The largest absolute Gasteiger partial charge is 0.493 e. The Morgan fingerprint density at radius 1 is 1.23 bits per heavy atom. The number of para-hydroxylation sites is 1. The highest BCUT2D eigenvalue weighted by atomic mass is 16.5. The first kappa shape index (κ1) is 18.5. The standard InChI is InChI=1S/C17H27NO4/c1-17(2,21)18(3)13-14-9-6-7-10-15(14)22-12-8-4-5-11-16(19)20/h6-7,9-10,21H,4-5,8,11-13H2,1-3H3,(H,19,20). The van der Waals surface area contributed by atoms with Gasteiger partial charge in [0.2, 0.25) is 0 Å². The second kappa shape index (κ2) is 8.76. The van der Waals surface area contributed by atoms with Crippen LogP contribution in [0, 0.1) is 0 Å². The molecule has 5 heteroatoms. The smallest absolute Gasteiger partial charge is 0.303 e. The molecule has 0 amide bonds. The van der Waals surface area contributed by atoms with Crippen molar-refractivity contribution in [1.29, 1.82) is 0 Å². The molecule has 2 N–H and O–H groups in total. The van der Waals surface area contributed by atoms with Crippen LogP contribution in [0.5, 0.6) is 5.75 Å². The minimum absolute atomic E-state index is 0.215. The molecule has 0 heterocycles. The van der Waals surface area contributed by atoms with Gasteiger partial charge in [0.05, 0.1) is 6.61 Å². The zero-order chi connectivity index (χ0) is 16.6. The first-order valence-corrected chi connectivity index (χ1v) is 7.67. The first-order valence-electron chi connectivity index (χ1n) is 7.67. The molecule has 1 aromatic rings. The number of carboxylic acid groups (broad SMARTS) is 1. The van der Waals surface area contributed by atoms with Crippen molar-refractivity contribution in [3.05, 3.63) is 29.8 Å². The van der Waals surface area contributed by atoms with Crippen molar-refractivity contribution in [2.24, 2.45) is 0 Å². The predicted molar refractivity (Wildman–Crippen MR) is 85.8 cm³/mol. The van der Waals surface area contributed by atoms with Crippen LogP contribution >= 0.6 is 0 Å². The lowest BCUT2D eigenvalue weighted by Gasteiger charge is -2.30. The van der Waals surface area contributed by atoms with Crippen LogP contribution in [-0.4, -0.2) is 40.5 Å². The van der Waals surface area contributed by atoms with Gasteiger partial charge >= 0.3 is 5.97 Å². The van der Waals surface area contributed by atoms with Gasteiger partial charge in [-0.05, 0) is 46.2 Å². The molecule has 0 aliphatic rings. The van der Waals surface area contributed by atoms with Crippen LogP contribution in [-0.2, 0) is 11.3 Å². The summed E-state index contributed by atoms with van der Waals surface area (Å²) in [6.45, 7) is 4.67. The van der Waals surface area contributed by atoms with E-state index in [1.165, 1.54) is 0 Å². The quantitative estimate of drug-likeness (QED) is 0.514. The molecule has 0 unspecified atom stereocenters. The molecule has 0 bridgehead atoms. The van der Waals surface area contributed by atoms with Gasteiger partial charge in [-0.2, -0.15) is 0 Å². The third-order valence-corrected chi connectivity index (χ3v) is 3.61. The number of nitrogens with zero attached hydrogens (tertiary/aromatic N) is 1. The number of hydrogen-bond acceptors (Lipinski definition) is 4. The molecular formula is C17H27NO4. The number of aliphatic hydroxyl groups is 1. The zero-order valence-electron chi connectivity index (χ0n) is 13.7. The molecule has 124 valence electrons. The number of carboxylic acids is 1. The molecule has 22 heavy (non-hydrogen) atoms. The van der Waals surface area contributed by atoms with Gasteiger partial charge in [0.25, 0.3) is 0 Å². The molecule has 0 radical (unpaired) electrons. The van der Waals surface area contributed by atoms with Crippen molar-refractivity contribution in [3.8, 4) is 5.75 Å². The van der Waals surface area contributed by atoms with E-state index in [4.69, 9.17) is 9.84 Å². The summed E-state index contributed by atoms with van der Waals surface area (Å²) in [7, 11) is 1.86. The first-order chi connectivity index (χ1) is 10.3. The number of rotatable bonds is 10. The fourth-order valence-corrected chi connectivity index (χ4v) is 1.96. The Hall–Kier alpha value is -1.59. The minimum Gasteiger partial charge on any atom is -0.493 e. The maximum absolute atomic E-state index is 10.4. The minimum atomic E-state index is -0.885.